The van der Waals surface area contributed by atoms with E-state index in [1.807, 2.05) is 60.7 Å². The number of benzene rings is 2. The van der Waals surface area contributed by atoms with Crippen molar-refractivity contribution < 1.29 is 33.8 Å². The summed E-state index contributed by atoms with van der Waals surface area (Å²) in [5.41, 5.74) is 1.28. The Kier molecular flexibility index (Phi) is 7.39. The van der Waals surface area contributed by atoms with Gasteiger partial charge in [-0.25, -0.2) is 9.59 Å². The SMILES string of the molecule is CC1S[C@@H]2C(NC=O)C(=O)N2C(C(=O)OC(c2ccccc2)c2ccccc2)=C1OC(=O)N1CCC(O)C1. The van der Waals surface area contributed by atoms with E-state index in [-0.39, 0.29) is 18.0 Å². The van der Waals surface area contributed by atoms with Crippen LogP contribution in [0, 0.1) is 0 Å². The van der Waals surface area contributed by atoms with Crippen LogP contribution < -0.4 is 5.32 Å². The molecular formula is C27H27N3O7S. The van der Waals surface area contributed by atoms with Crippen LogP contribution in [0.15, 0.2) is 72.1 Å². The van der Waals surface area contributed by atoms with Gasteiger partial charge in [-0.3, -0.25) is 14.5 Å². The number of fused-ring (bicyclic) bond motifs is 1. The van der Waals surface area contributed by atoms with E-state index in [9.17, 15) is 24.3 Å². The maximum absolute atomic E-state index is 13.8. The third-order valence-corrected chi connectivity index (χ3v) is 8.10. The molecule has 0 aromatic heterocycles. The van der Waals surface area contributed by atoms with E-state index in [4.69, 9.17) is 9.47 Å². The van der Waals surface area contributed by atoms with E-state index in [0.717, 1.165) is 11.1 Å². The van der Waals surface area contributed by atoms with E-state index in [2.05, 4.69) is 5.32 Å². The number of nitrogens with one attached hydrogen (secondary N) is 1. The largest absolute Gasteiger partial charge is 0.448 e. The lowest BCUT2D eigenvalue weighted by Gasteiger charge is -2.50. The van der Waals surface area contributed by atoms with Crippen LogP contribution >= 0.6 is 11.8 Å². The molecule has 2 N–H and O–H groups in total. The summed E-state index contributed by atoms with van der Waals surface area (Å²) in [5, 5.41) is 11.3. The molecule has 0 spiro atoms. The van der Waals surface area contributed by atoms with Crippen LogP contribution in [0.4, 0.5) is 4.79 Å². The third kappa shape index (κ3) is 4.86. The zero-order chi connectivity index (χ0) is 26.8. The van der Waals surface area contributed by atoms with Gasteiger partial charge in [-0.2, -0.15) is 0 Å². The van der Waals surface area contributed by atoms with Crippen molar-refractivity contribution in [2.75, 3.05) is 13.1 Å². The molecule has 3 aliphatic heterocycles. The Bertz CT molecular complexity index is 1220. The predicted octanol–water partition coefficient (Wildman–Crippen LogP) is 2.15. The Morgan fingerprint density at radius 3 is 2.29 bits per heavy atom. The van der Waals surface area contributed by atoms with Crippen molar-refractivity contribution in [3.05, 3.63) is 83.2 Å². The van der Waals surface area contributed by atoms with Gasteiger partial charge in [0.1, 0.15) is 11.4 Å². The minimum Gasteiger partial charge on any atom is -0.448 e. The number of amides is 3. The maximum atomic E-state index is 13.8. The molecule has 198 valence electrons. The van der Waals surface area contributed by atoms with Crippen molar-refractivity contribution in [3.63, 3.8) is 0 Å². The molecule has 2 aromatic carbocycles. The predicted molar refractivity (Wildman–Crippen MR) is 137 cm³/mol. The Labute approximate surface area is 223 Å². The molecule has 3 heterocycles. The van der Waals surface area contributed by atoms with Gasteiger partial charge in [0, 0.05) is 13.1 Å². The van der Waals surface area contributed by atoms with Crippen molar-refractivity contribution >= 4 is 36.1 Å². The van der Waals surface area contributed by atoms with Gasteiger partial charge in [0.05, 0.1) is 11.4 Å². The molecule has 38 heavy (non-hydrogen) atoms. The third-order valence-electron chi connectivity index (χ3n) is 6.72. The second-order valence-electron chi connectivity index (χ2n) is 9.22. The number of thioether (sulfide) groups is 1. The summed E-state index contributed by atoms with van der Waals surface area (Å²) < 4.78 is 11.7. The van der Waals surface area contributed by atoms with E-state index in [1.165, 1.54) is 21.6 Å². The van der Waals surface area contributed by atoms with Gasteiger partial charge in [-0.15, -0.1) is 11.8 Å². The summed E-state index contributed by atoms with van der Waals surface area (Å²) >= 11 is 1.29. The first kappa shape index (κ1) is 25.8. The van der Waals surface area contributed by atoms with Gasteiger partial charge in [-0.1, -0.05) is 60.7 Å². The lowest BCUT2D eigenvalue weighted by atomic mass is 10.0. The highest BCUT2D eigenvalue weighted by atomic mass is 32.2. The number of carbonyl (C=O) groups is 4. The Morgan fingerprint density at radius 1 is 1.11 bits per heavy atom. The highest BCUT2D eigenvalue weighted by Gasteiger charge is 2.56. The molecule has 2 fully saturated rings. The monoisotopic (exact) mass is 537 g/mol. The highest BCUT2D eigenvalue weighted by Crippen LogP contribution is 2.45. The van der Waals surface area contributed by atoms with Gasteiger partial charge in [-0.05, 0) is 24.5 Å². The number of β-lactam (4-membered cyclic amide) rings is 1. The molecule has 2 aromatic rings. The van der Waals surface area contributed by atoms with Crippen LogP contribution in [0.2, 0.25) is 0 Å². The number of likely N-dealkylation sites (tertiary alicyclic amines) is 1. The Hall–Kier alpha value is -3.83. The van der Waals surface area contributed by atoms with Crippen molar-refractivity contribution in [1.82, 2.24) is 15.1 Å². The molecule has 0 bridgehead atoms. The van der Waals surface area contributed by atoms with Gasteiger partial charge >= 0.3 is 12.1 Å². The number of hydrogen-bond acceptors (Lipinski definition) is 8. The van der Waals surface area contributed by atoms with E-state index in [1.54, 1.807) is 6.92 Å². The molecule has 11 heteroatoms. The van der Waals surface area contributed by atoms with Gasteiger partial charge in [0.15, 0.2) is 17.6 Å². The zero-order valence-corrected chi connectivity index (χ0v) is 21.4. The fraction of sp³-hybridized carbons (Fsp3) is 0.333. The lowest BCUT2D eigenvalue weighted by Crippen LogP contribution is -2.70. The average Bonchev–Trinajstić information content (AvgIpc) is 3.38. The standard InChI is InChI=1S/C27H27N3O7S/c1-16-22(37-27(35)29-13-12-19(32)14-29)21(30-24(33)20(28-15-31)25(30)38-16)26(34)36-23(17-8-4-2-5-9-17)18-10-6-3-7-11-18/h2-11,15-16,19-20,23,25,32H,12-14H2,1H3,(H,28,31)/t16?,19?,20?,25-/m1/s1. The molecule has 3 aliphatic rings. The molecule has 0 saturated carbocycles. The van der Waals surface area contributed by atoms with E-state index < -0.39 is 46.8 Å². The number of ether oxygens (including phenoxy) is 2. The van der Waals surface area contributed by atoms with Crippen LogP contribution in [0.5, 0.6) is 0 Å². The lowest BCUT2D eigenvalue weighted by molar-refractivity contribution is -0.154. The number of hydrogen-bond donors (Lipinski definition) is 2. The minimum absolute atomic E-state index is 0.000385. The number of esters is 1. The summed E-state index contributed by atoms with van der Waals surface area (Å²) in [5.74, 6) is -1.34. The average molecular weight is 538 g/mol. The summed E-state index contributed by atoms with van der Waals surface area (Å²) in [6.45, 7) is 2.19. The topological polar surface area (TPSA) is 125 Å². The number of β-amino-alcohol motifs (C(OH)–C–C–N with tert-alkyl or cyclic N) is 1. The molecule has 5 rings (SSSR count). The quantitative estimate of drug-likeness (QED) is 0.313. The van der Waals surface area contributed by atoms with Gasteiger partial charge in [0.25, 0.3) is 5.91 Å². The zero-order valence-electron chi connectivity index (χ0n) is 20.6. The number of carbonyl (C=O) groups excluding carboxylic acids is 4. The first-order valence-corrected chi connectivity index (χ1v) is 13.2. The number of rotatable bonds is 7. The van der Waals surface area contributed by atoms with Crippen molar-refractivity contribution in [3.8, 4) is 0 Å². The molecule has 10 nitrogen and oxygen atoms in total. The molecule has 0 radical (unpaired) electrons. The fourth-order valence-electron chi connectivity index (χ4n) is 4.79. The molecule has 4 atom stereocenters. The molecular weight excluding hydrogens is 510 g/mol. The normalized spacial score (nSPS) is 24.6. The second kappa shape index (κ2) is 10.9. The summed E-state index contributed by atoms with van der Waals surface area (Å²) in [6.07, 6.45) is -1.28. The summed E-state index contributed by atoms with van der Waals surface area (Å²) in [6, 6.07) is 17.6. The molecule has 3 unspecified atom stereocenters. The van der Waals surface area contributed by atoms with Crippen LogP contribution in [-0.2, 0) is 23.9 Å². The first-order valence-electron chi connectivity index (χ1n) is 12.3. The fourth-order valence-corrected chi connectivity index (χ4v) is 6.18. The van der Waals surface area contributed by atoms with E-state index >= 15 is 0 Å². The number of aliphatic hydroxyl groups excluding tert-OH is 1. The molecule has 2 saturated heterocycles. The first-order chi connectivity index (χ1) is 18.4. The number of nitrogens with zero attached hydrogens (tertiary/aromatic N) is 2. The van der Waals surface area contributed by atoms with Crippen LogP contribution in [0.25, 0.3) is 0 Å². The highest BCUT2D eigenvalue weighted by molar-refractivity contribution is 8.00. The summed E-state index contributed by atoms with van der Waals surface area (Å²) in [4.78, 5) is 53.5. The van der Waals surface area contributed by atoms with Crippen molar-refractivity contribution in [2.24, 2.45) is 0 Å². The van der Waals surface area contributed by atoms with Crippen LogP contribution in [-0.4, -0.2) is 75.1 Å². The molecule has 3 amide bonds. The van der Waals surface area contributed by atoms with E-state index in [0.29, 0.717) is 19.4 Å². The van der Waals surface area contributed by atoms with Crippen LogP contribution in [0.1, 0.15) is 30.6 Å². The van der Waals surface area contributed by atoms with Crippen molar-refractivity contribution in [2.45, 2.75) is 42.2 Å². The smallest absolute Gasteiger partial charge is 0.415 e. The van der Waals surface area contributed by atoms with Gasteiger partial charge < -0.3 is 24.8 Å². The molecule has 0 aliphatic carbocycles. The number of aliphatic hydroxyl groups is 1. The minimum atomic E-state index is -0.831. The Morgan fingerprint density at radius 2 is 1.74 bits per heavy atom. The second-order valence-corrected chi connectivity index (χ2v) is 10.7. The maximum Gasteiger partial charge on any atom is 0.415 e. The Balaban J connectivity index is 1.51. The van der Waals surface area contributed by atoms with Crippen molar-refractivity contribution in [1.29, 1.82) is 0 Å². The van der Waals surface area contributed by atoms with Crippen LogP contribution in [0.3, 0.4) is 0 Å². The van der Waals surface area contributed by atoms with Gasteiger partial charge in [0.2, 0.25) is 6.41 Å². The summed E-state index contributed by atoms with van der Waals surface area (Å²) in [7, 11) is 0.